The van der Waals surface area contributed by atoms with E-state index in [0.717, 1.165) is 0 Å². The highest BCUT2D eigenvalue weighted by atomic mass is 14.3. The third kappa shape index (κ3) is 10.1. The van der Waals surface area contributed by atoms with Crippen molar-refractivity contribution in [1.82, 2.24) is 0 Å². The molecule has 100 heavy (non-hydrogen) atoms. The summed E-state index contributed by atoms with van der Waals surface area (Å²) in [6, 6.07) is 143. The Bertz CT molecular complexity index is 6500. The van der Waals surface area contributed by atoms with Gasteiger partial charge in [-0.15, -0.1) is 0 Å². The molecular formula is C100H64. The van der Waals surface area contributed by atoms with Crippen molar-refractivity contribution in [1.29, 1.82) is 0 Å². The fourth-order valence-electron chi connectivity index (χ4n) is 16.2. The maximum atomic E-state index is 2.40. The largest absolute Gasteiger partial charge is 0.0622 e. The summed E-state index contributed by atoms with van der Waals surface area (Å²) in [5.74, 6) is 0. The number of benzene rings is 20. The van der Waals surface area contributed by atoms with Gasteiger partial charge in [0.2, 0.25) is 0 Å². The lowest BCUT2D eigenvalue weighted by Gasteiger charge is -2.20. The highest BCUT2D eigenvalue weighted by Gasteiger charge is 2.22. The predicted molar refractivity (Wildman–Crippen MR) is 431 cm³/mol. The molecule has 0 nitrogen and oxygen atoms in total. The van der Waals surface area contributed by atoms with Gasteiger partial charge in [0, 0.05) is 0 Å². The Morgan fingerprint density at radius 3 is 0.780 bits per heavy atom. The highest BCUT2D eigenvalue weighted by Crippen LogP contribution is 2.50. The molecule has 0 heterocycles. The van der Waals surface area contributed by atoms with Gasteiger partial charge in [0.25, 0.3) is 0 Å². The molecule has 0 N–H and O–H groups in total. The van der Waals surface area contributed by atoms with E-state index in [9.17, 15) is 0 Å². The molecule has 0 fully saturated rings. The predicted octanol–water partition coefficient (Wildman–Crippen LogP) is 28.2. The van der Waals surface area contributed by atoms with Gasteiger partial charge in [-0.05, 0) is 233 Å². The molecule has 20 aromatic rings. The lowest BCUT2D eigenvalue weighted by molar-refractivity contribution is 1.59. The Hall–Kier alpha value is -13.0. The minimum absolute atomic E-state index is 1.22. The summed E-state index contributed by atoms with van der Waals surface area (Å²) < 4.78 is 0. The van der Waals surface area contributed by atoms with Crippen LogP contribution in [-0.4, -0.2) is 0 Å². The average Bonchev–Trinajstić information content (AvgIpc) is 0.727. The molecule has 0 bridgehead atoms. The Morgan fingerprint density at radius 2 is 0.360 bits per heavy atom. The Kier molecular flexibility index (Phi) is 14.3. The topological polar surface area (TPSA) is 0 Å². The van der Waals surface area contributed by atoms with Crippen LogP contribution in [0.2, 0.25) is 0 Å². The van der Waals surface area contributed by atoms with Crippen molar-refractivity contribution in [2.45, 2.75) is 0 Å². The SMILES string of the molecule is c1ccc(-c2ccc(-c3ccc4ccc(-c5c6ccccc6c(-c6cc7ccccc7c7ccccc67)c6ccccc56)cc4c3)cc2)cc1.c1ccc(-c2ccccc2-c2ccc3ccc(-c4c5ccccc5c(-c5cc6ccccc6c6ccccc56)c5ccccc45)cc3c2)cc1. The number of hydrogen-bond donors (Lipinski definition) is 0. The molecule has 464 valence electrons. The zero-order valence-electron chi connectivity index (χ0n) is 55.0. The van der Waals surface area contributed by atoms with Gasteiger partial charge >= 0.3 is 0 Å². The van der Waals surface area contributed by atoms with E-state index in [0.29, 0.717) is 0 Å². The second-order valence-electron chi connectivity index (χ2n) is 26.5. The zero-order chi connectivity index (χ0) is 66.0. The van der Waals surface area contributed by atoms with Crippen LogP contribution in [0.25, 0.3) is 197 Å². The molecule has 20 rings (SSSR count). The fraction of sp³-hybridized carbons (Fsp3) is 0. The van der Waals surface area contributed by atoms with E-state index in [1.54, 1.807) is 0 Å². The van der Waals surface area contributed by atoms with Gasteiger partial charge in [0.15, 0.2) is 0 Å². The number of hydrogen-bond acceptors (Lipinski definition) is 0. The smallest absolute Gasteiger partial charge is 0.00199 e. The van der Waals surface area contributed by atoms with Crippen LogP contribution in [0, 0.1) is 0 Å². The van der Waals surface area contributed by atoms with E-state index in [1.165, 1.54) is 197 Å². The van der Waals surface area contributed by atoms with Crippen molar-refractivity contribution in [3.8, 4) is 89.0 Å². The average molecular weight is 1270 g/mol. The first kappa shape index (κ1) is 58.4. The van der Waals surface area contributed by atoms with E-state index in [1.807, 2.05) is 0 Å². The molecule has 0 saturated heterocycles. The van der Waals surface area contributed by atoms with Gasteiger partial charge in [-0.2, -0.15) is 0 Å². The van der Waals surface area contributed by atoms with Crippen LogP contribution in [0.5, 0.6) is 0 Å². The third-order valence-corrected chi connectivity index (χ3v) is 20.8. The van der Waals surface area contributed by atoms with Crippen molar-refractivity contribution in [3.05, 3.63) is 388 Å². The van der Waals surface area contributed by atoms with Crippen LogP contribution in [0.15, 0.2) is 388 Å². The van der Waals surface area contributed by atoms with Crippen molar-refractivity contribution in [2.24, 2.45) is 0 Å². The first-order chi connectivity index (χ1) is 49.6. The first-order valence-electron chi connectivity index (χ1n) is 34.7. The summed E-state index contributed by atoms with van der Waals surface area (Å²) in [5, 5.41) is 25.4. The van der Waals surface area contributed by atoms with Crippen LogP contribution in [-0.2, 0) is 0 Å². The van der Waals surface area contributed by atoms with Crippen molar-refractivity contribution in [2.75, 3.05) is 0 Å². The standard InChI is InChI=1S/2C50H32/c1-2-12-33(13-3-1)34-22-24-35(25-23-34)37-28-26-36-27-29-39(31-40(36)30-37)49-44-18-8-10-20-46(44)50(47-21-11-9-19-45(47)49)48-32-38-14-4-5-15-41(38)42-16-6-7-17-43(42)48;1-2-14-34(15-3-1)39-17-6-7-18-40(39)36-28-26-33-27-29-37(31-38(33)30-36)49-44-22-10-12-24-46(44)50(47-25-13-11-23-45(47)49)48-32-35-16-4-5-19-41(35)42-20-8-9-21-43(42)48/h2*1-32H. The summed E-state index contributed by atoms with van der Waals surface area (Å²) in [6.45, 7) is 0. The van der Waals surface area contributed by atoms with Crippen LogP contribution >= 0.6 is 0 Å². The molecule has 0 aliphatic heterocycles. The second kappa shape index (κ2) is 24.6. The van der Waals surface area contributed by atoms with E-state index in [-0.39, 0.29) is 0 Å². The molecular weight excluding hydrogens is 1200 g/mol. The van der Waals surface area contributed by atoms with Gasteiger partial charge in [-0.1, -0.05) is 352 Å². The van der Waals surface area contributed by atoms with E-state index < -0.39 is 0 Å². The van der Waals surface area contributed by atoms with E-state index in [4.69, 9.17) is 0 Å². The van der Waals surface area contributed by atoms with E-state index >= 15 is 0 Å². The van der Waals surface area contributed by atoms with Gasteiger partial charge in [-0.25, -0.2) is 0 Å². The molecule has 0 unspecified atom stereocenters. The van der Waals surface area contributed by atoms with E-state index in [2.05, 4.69) is 388 Å². The molecule has 0 aromatic heterocycles. The molecule has 0 atom stereocenters. The van der Waals surface area contributed by atoms with Crippen LogP contribution in [0.3, 0.4) is 0 Å². The minimum atomic E-state index is 1.22. The van der Waals surface area contributed by atoms with Gasteiger partial charge in [0.1, 0.15) is 0 Å². The summed E-state index contributed by atoms with van der Waals surface area (Å²) in [6.07, 6.45) is 0. The molecule has 0 aliphatic rings. The van der Waals surface area contributed by atoms with Crippen LogP contribution in [0.4, 0.5) is 0 Å². The summed E-state index contributed by atoms with van der Waals surface area (Å²) in [7, 11) is 0. The molecule has 20 aromatic carbocycles. The fourth-order valence-corrected chi connectivity index (χ4v) is 16.2. The Morgan fingerprint density at radius 1 is 0.100 bits per heavy atom. The normalized spacial score (nSPS) is 11.6. The maximum absolute atomic E-state index is 2.40. The lowest BCUT2D eigenvalue weighted by Crippen LogP contribution is -1.92. The molecule has 0 heteroatoms. The highest BCUT2D eigenvalue weighted by molar-refractivity contribution is 6.28. The maximum Gasteiger partial charge on any atom is -0.00199 e. The molecule has 0 aliphatic carbocycles. The van der Waals surface area contributed by atoms with Crippen molar-refractivity contribution >= 4 is 108 Å². The second-order valence-corrected chi connectivity index (χ2v) is 26.5. The first-order valence-corrected chi connectivity index (χ1v) is 34.7. The molecule has 0 spiro atoms. The van der Waals surface area contributed by atoms with Crippen molar-refractivity contribution in [3.63, 3.8) is 0 Å². The Balaban J connectivity index is 0.000000139. The number of fused-ring (bicyclic) bond motifs is 12. The number of rotatable bonds is 8. The quantitative estimate of drug-likeness (QED) is 0.105. The van der Waals surface area contributed by atoms with Gasteiger partial charge < -0.3 is 0 Å². The summed E-state index contributed by atoms with van der Waals surface area (Å²) in [4.78, 5) is 0. The Labute approximate surface area is 581 Å². The molecule has 0 amide bonds. The summed E-state index contributed by atoms with van der Waals surface area (Å²) >= 11 is 0. The van der Waals surface area contributed by atoms with Gasteiger partial charge in [0.05, 0.1) is 0 Å². The third-order valence-electron chi connectivity index (χ3n) is 20.8. The van der Waals surface area contributed by atoms with Crippen LogP contribution < -0.4 is 0 Å². The monoisotopic (exact) mass is 1260 g/mol. The lowest BCUT2D eigenvalue weighted by atomic mass is 9.83. The molecule has 0 saturated carbocycles. The zero-order valence-corrected chi connectivity index (χ0v) is 55.0. The van der Waals surface area contributed by atoms with Gasteiger partial charge in [-0.3, -0.25) is 0 Å². The summed E-state index contributed by atoms with van der Waals surface area (Å²) in [5.41, 5.74) is 20.0. The van der Waals surface area contributed by atoms with Crippen LogP contribution in [0.1, 0.15) is 0 Å². The minimum Gasteiger partial charge on any atom is -0.0622 e. The molecule has 0 radical (unpaired) electrons. The van der Waals surface area contributed by atoms with Crippen molar-refractivity contribution < 1.29 is 0 Å².